The van der Waals surface area contributed by atoms with Crippen LogP contribution in [0.25, 0.3) is 0 Å². The van der Waals surface area contributed by atoms with Gasteiger partial charge in [0.05, 0.1) is 0 Å². The van der Waals surface area contributed by atoms with Crippen LogP contribution < -0.4 is 0 Å². The van der Waals surface area contributed by atoms with Crippen molar-refractivity contribution in [2.45, 2.75) is 64.2 Å². The molecular weight excluding hydrogens is 247 g/mol. The zero-order valence-corrected chi connectivity index (χ0v) is 12.1. The summed E-state index contributed by atoms with van der Waals surface area (Å²) in [5.41, 5.74) is 0. The third kappa shape index (κ3) is 6.51. The lowest BCUT2D eigenvalue weighted by atomic mass is 9.73. The Bertz CT molecular complexity index is 227. The second-order valence-corrected chi connectivity index (χ2v) is 5.99. The van der Waals surface area contributed by atoms with Gasteiger partial charge in [-0.2, -0.15) is 0 Å². The van der Waals surface area contributed by atoms with E-state index in [2.05, 4.69) is 11.1 Å². The van der Waals surface area contributed by atoms with Gasteiger partial charge in [-0.05, 0) is 11.8 Å². The molecule has 2 saturated carbocycles. The fourth-order valence-electron chi connectivity index (χ4n) is 3.27. The SMILES string of the molecule is C1CCC(C2CCCCC2)CC1.C=CO[P+](=O)O. The van der Waals surface area contributed by atoms with Crippen molar-refractivity contribution in [3.63, 3.8) is 0 Å². The minimum absolute atomic E-state index is 0.915. The molecule has 104 valence electrons. The summed E-state index contributed by atoms with van der Waals surface area (Å²) in [6, 6.07) is 0. The molecule has 0 aromatic heterocycles. The third-order valence-corrected chi connectivity index (χ3v) is 4.46. The molecule has 0 spiro atoms. The van der Waals surface area contributed by atoms with Crippen molar-refractivity contribution < 1.29 is 14.0 Å². The molecule has 2 fully saturated rings. The number of rotatable bonds is 3. The van der Waals surface area contributed by atoms with Gasteiger partial charge in [0.15, 0.2) is 0 Å². The summed E-state index contributed by atoms with van der Waals surface area (Å²) in [4.78, 5) is 7.77. The second kappa shape index (κ2) is 9.52. The van der Waals surface area contributed by atoms with Crippen molar-refractivity contribution in [1.82, 2.24) is 0 Å². The van der Waals surface area contributed by atoms with Crippen molar-refractivity contribution in [2.75, 3.05) is 0 Å². The van der Waals surface area contributed by atoms with Crippen LogP contribution in [-0.4, -0.2) is 4.89 Å². The number of hydrogen-bond donors (Lipinski definition) is 1. The van der Waals surface area contributed by atoms with Crippen LogP contribution in [0, 0.1) is 11.8 Å². The van der Waals surface area contributed by atoms with Crippen LogP contribution in [0.2, 0.25) is 0 Å². The van der Waals surface area contributed by atoms with Crippen molar-refractivity contribution >= 4 is 8.25 Å². The summed E-state index contributed by atoms with van der Waals surface area (Å²) in [5, 5.41) is 0. The fourth-order valence-corrected chi connectivity index (χ4v) is 3.40. The van der Waals surface area contributed by atoms with Crippen LogP contribution in [0.4, 0.5) is 0 Å². The summed E-state index contributed by atoms with van der Waals surface area (Å²) in [7, 11) is -2.47. The maximum atomic E-state index is 9.45. The van der Waals surface area contributed by atoms with Gasteiger partial charge in [-0.3, -0.25) is 0 Å². The standard InChI is InChI=1S/C12H22.C2H3O3P/c1-3-7-11(8-4-1)12-9-5-2-6-10-12;1-2-5-6(3)4/h11-12H,1-10H2;2H,1H2/p+1. The lowest BCUT2D eigenvalue weighted by Crippen LogP contribution is -2.20. The van der Waals surface area contributed by atoms with Crippen LogP contribution in [-0.2, 0) is 9.09 Å². The predicted molar refractivity (Wildman–Crippen MR) is 74.3 cm³/mol. The predicted octanol–water partition coefficient (Wildman–Crippen LogP) is 4.94. The maximum Gasteiger partial charge on any atom is 0.746 e. The molecule has 0 aromatic rings. The smallest absolute Gasteiger partial charge is 0.238 e. The summed E-state index contributed by atoms with van der Waals surface area (Å²) < 4.78 is 13.3. The summed E-state index contributed by atoms with van der Waals surface area (Å²) in [5.74, 6) is 2.28. The highest BCUT2D eigenvalue weighted by Crippen LogP contribution is 2.37. The average molecular weight is 273 g/mol. The van der Waals surface area contributed by atoms with Gasteiger partial charge >= 0.3 is 8.25 Å². The molecule has 0 heterocycles. The maximum absolute atomic E-state index is 9.45. The quantitative estimate of drug-likeness (QED) is 0.585. The fraction of sp³-hybridized carbons (Fsp3) is 0.857. The Balaban J connectivity index is 0.000000232. The van der Waals surface area contributed by atoms with Crippen LogP contribution in [0.15, 0.2) is 12.8 Å². The van der Waals surface area contributed by atoms with Crippen molar-refractivity contribution in [2.24, 2.45) is 11.8 Å². The van der Waals surface area contributed by atoms with Crippen LogP contribution in [0.5, 0.6) is 0 Å². The van der Waals surface area contributed by atoms with Crippen molar-refractivity contribution in [1.29, 1.82) is 0 Å². The van der Waals surface area contributed by atoms with Gasteiger partial charge in [-0.15, -0.1) is 4.89 Å². The van der Waals surface area contributed by atoms with Crippen LogP contribution in [0.1, 0.15) is 64.2 Å². The molecule has 0 aromatic carbocycles. The first kappa shape index (κ1) is 15.7. The highest BCUT2D eigenvalue weighted by atomic mass is 31.1. The minimum atomic E-state index is -2.47. The van der Waals surface area contributed by atoms with Gasteiger partial charge in [0.1, 0.15) is 6.26 Å². The molecule has 0 amide bonds. The molecule has 0 radical (unpaired) electrons. The molecule has 3 nitrogen and oxygen atoms in total. The first-order valence-electron chi connectivity index (χ1n) is 7.18. The molecule has 0 saturated heterocycles. The van der Waals surface area contributed by atoms with Gasteiger partial charge in [-0.25, -0.2) is 4.52 Å². The minimum Gasteiger partial charge on any atom is -0.238 e. The molecule has 1 unspecified atom stereocenters. The van der Waals surface area contributed by atoms with Gasteiger partial charge in [-0.1, -0.05) is 70.8 Å². The van der Waals surface area contributed by atoms with Crippen LogP contribution in [0.3, 0.4) is 0 Å². The molecule has 0 aliphatic heterocycles. The number of hydrogen-bond acceptors (Lipinski definition) is 2. The van der Waals surface area contributed by atoms with E-state index in [4.69, 9.17) is 4.89 Å². The molecule has 2 aliphatic carbocycles. The second-order valence-electron chi connectivity index (χ2n) is 5.31. The van der Waals surface area contributed by atoms with Gasteiger partial charge in [0, 0.05) is 4.57 Å². The van der Waals surface area contributed by atoms with E-state index < -0.39 is 8.25 Å². The first-order valence-corrected chi connectivity index (χ1v) is 8.31. The summed E-state index contributed by atoms with van der Waals surface area (Å²) in [6.45, 7) is 3.03. The zero-order valence-electron chi connectivity index (χ0n) is 11.2. The Morgan fingerprint density at radius 3 is 1.56 bits per heavy atom. The van der Waals surface area contributed by atoms with E-state index >= 15 is 0 Å². The average Bonchev–Trinajstić information content (AvgIpc) is 2.41. The zero-order chi connectivity index (χ0) is 13.2. The van der Waals surface area contributed by atoms with Gasteiger partial charge < -0.3 is 0 Å². The Morgan fingerprint density at radius 2 is 1.33 bits per heavy atom. The lowest BCUT2D eigenvalue weighted by molar-refractivity contribution is 0.196. The highest BCUT2D eigenvalue weighted by Gasteiger charge is 2.24. The van der Waals surface area contributed by atoms with Gasteiger partial charge in [0.2, 0.25) is 0 Å². The molecule has 18 heavy (non-hydrogen) atoms. The molecule has 4 heteroatoms. The van der Waals surface area contributed by atoms with Gasteiger partial charge in [0.25, 0.3) is 0 Å². The van der Waals surface area contributed by atoms with Crippen LogP contribution >= 0.6 is 8.25 Å². The normalized spacial score (nSPS) is 22.6. The Hall–Kier alpha value is -0.400. The monoisotopic (exact) mass is 273 g/mol. The molecule has 1 atom stereocenters. The molecular formula is C14H26O3P+. The molecule has 0 bridgehead atoms. The third-order valence-electron chi connectivity index (χ3n) is 4.13. The molecule has 2 rings (SSSR count). The summed E-state index contributed by atoms with van der Waals surface area (Å²) in [6.07, 6.45) is 16.3. The molecule has 2 aliphatic rings. The largest absolute Gasteiger partial charge is 0.746 e. The first-order chi connectivity index (χ1) is 8.74. The van der Waals surface area contributed by atoms with E-state index in [9.17, 15) is 4.57 Å². The highest BCUT2D eigenvalue weighted by molar-refractivity contribution is 7.32. The van der Waals surface area contributed by atoms with E-state index in [1.54, 1.807) is 25.7 Å². The Morgan fingerprint density at radius 1 is 0.944 bits per heavy atom. The van der Waals surface area contributed by atoms with E-state index in [0.717, 1.165) is 18.1 Å². The van der Waals surface area contributed by atoms with E-state index in [0.29, 0.717) is 0 Å². The Labute approximate surface area is 112 Å². The van der Waals surface area contributed by atoms with E-state index in [1.807, 2.05) is 0 Å². The molecule has 1 N–H and O–H groups in total. The topological polar surface area (TPSA) is 46.5 Å². The van der Waals surface area contributed by atoms with E-state index in [1.165, 1.54) is 38.5 Å². The lowest BCUT2D eigenvalue weighted by Gasteiger charge is -2.32. The van der Waals surface area contributed by atoms with Crippen molar-refractivity contribution in [3.8, 4) is 0 Å². The van der Waals surface area contributed by atoms with Crippen molar-refractivity contribution in [3.05, 3.63) is 12.8 Å². The summed E-state index contributed by atoms with van der Waals surface area (Å²) >= 11 is 0. The van der Waals surface area contributed by atoms with E-state index in [-0.39, 0.29) is 0 Å². The Kier molecular flexibility index (Phi) is 8.28.